The van der Waals surface area contributed by atoms with E-state index in [0.29, 0.717) is 24.0 Å². The van der Waals surface area contributed by atoms with E-state index in [9.17, 15) is 19.2 Å². The van der Waals surface area contributed by atoms with E-state index >= 15 is 0 Å². The second kappa shape index (κ2) is 5.95. The predicted octanol–water partition coefficient (Wildman–Crippen LogP) is 1.67. The van der Waals surface area contributed by atoms with Crippen LogP contribution in [0, 0.1) is 0 Å². The summed E-state index contributed by atoms with van der Waals surface area (Å²) >= 11 is 0. The van der Waals surface area contributed by atoms with E-state index < -0.39 is 35.8 Å². The van der Waals surface area contributed by atoms with Crippen LogP contribution in [0.2, 0.25) is 0 Å². The number of likely N-dealkylation sites (tertiary alicyclic amines) is 2. The molecule has 2 aliphatic heterocycles. The summed E-state index contributed by atoms with van der Waals surface area (Å²) in [5.74, 6) is -1.87. The first-order chi connectivity index (χ1) is 11.4. The number of nitrogens with zero attached hydrogens (tertiary/aromatic N) is 2. The molecule has 0 aliphatic carbocycles. The lowest BCUT2D eigenvalue weighted by Crippen LogP contribution is -2.32. The van der Waals surface area contributed by atoms with Crippen molar-refractivity contribution in [3.63, 3.8) is 0 Å². The summed E-state index contributed by atoms with van der Waals surface area (Å²) in [5, 5.41) is 17.9. The average molecular weight is 332 g/mol. The van der Waals surface area contributed by atoms with Crippen LogP contribution in [0.4, 0.5) is 9.59 Å². The first-order valence-electron chi connectivity index (χ1n) is 7.58. The van der Waals surface area contributed by atoms with Crippen molar-refractivity contribution in [2.24, 2.45) is 0 Å². The Morgan fingerprint density at radius 1 is 0.792 bits per heavy atom. The molecule has 8 nitrogen and oxygen atoms in total. The molecule has 2 fully saturated rings. The van der Waals surface area contributed by atoms with Crippen molar-refractivity contribution in [3.8, 4) is 0 Å². The molecule has 3 rings (SSSR count). The fraction of sp³-hybridized carbons (Fsp3) is 0.375. The number of imide groups is 2. The first-order valence-corrected chi connectivity index (χ1v) is 7.58. The molecule has 1 aromatic carbocycles. The number of hydrogen-bond acceptors (Lipinski definition) is 4. The van der Waals surface area contributed by atoms with E-state index in [4.69, 9.17) is 10.2 Å². The molecule has 0 aromatic heterocycles. The van der Waals surface area contributed by atoms with Crippen LogP contribution in [-0.4, -0.2) is 57.1 Å². The lowest BCUT2D eigenvalue weighted by Gasteiger charge is -2.13. The third-order valence-electron chi connectivity index (χ3n) is 4.61. The van der Waals surface area contributed by atoms with Crippen LogP contribution >= 0.6 is 0 Å². The third kappa shape index (κ3) is 2.60. The van der Waals surface area contributed by atoms with Crippen molar-refractivity contribution < 1.29 is 29.4 Å². The number of amides is 4. The maximum Gasteiger partial charge on any atom is 0.414 e. The largest absolute Gasteiger partial charge is 0.465 e. The van der Waals surface area contributed by atoms with Crippen molar-refractivity contribution in [1.82, 2.24) is 9.80 Å². The quantitative estimate of drug-likeness (QED) is 0.851. The van der Waals surface area contributed by atoms with Crippen LogP contribution in [0.15, 0.2) is 24.3 Å². The van der Waals surface area contributed by atoms with Gasteiger partial charge < -0.3 is 10.2 Å². The Kier molecular flexibility index (Phi) is 3.96. The molecule has 2 saturated heterocycles. The summed E-state index contributed by atoms with van der Waals surface area (Å²) in [6.45, 7) is 0.352. The van der Waals surface area contributed by atoms with Crippen molar-refractivity contribution in [1.29, 1.82) is 0 Å². The van der Waals surface area contributed by atoms with Gasteiger partial charge in [-0.05, 0) is 24.0 Å². The maximum atomic E-state index is 12.1. The topological polar surface area (TPSA) is 115 Å². The van der Waals surface area contributed by atoms with E-state index in [1.165, 1.54) is 0 Å². The van der Waals surface area contributed by atoms with Crippen LogP contribution in [0.5, 0.6) is 0 Å². The van der Waals surface area contributed by atoms with Gasteiger partial charge in [-0.25, -0.2) is 19.4 Å². The second-order valence-electron chi connectivity index (χ2n) is 5.89. The van der Waals surface area contributed by atoms with E-state index in [2.05, 4.69) is 0 Å². The average Bonchev–Trinajstić information content (AvgIpc) is 3.10. The third-order valence-corrected chi connectivity index (χ3v) is 4.61. The molecular formula is C16H16N2O6. The molecule has 2 atom stereocenters. The molecule has 2 aliphatic rings. The van der Waals surface area contributed by atoms with Crippen molar-refractivity contribution in [3.05, 3.63) is 35.4 Å². The normalized spacial score (nSPS) is 23.8. The molecule has 1 aromatic rings. The van der Waals surface area contributed by atoms with Gasteiger partial charge in [-0.1, -0.05) is 24.3 Å². The molecule has 0 radical (unpaired) electrons. The van der Waals surface area contributed by atoms with Gasteiger partial charge in [0.05, 0.1) is 11.8 Å². The number of carboxylic acid groups (broad SMARTS) is 2. The van der Waals surface area contributed by atoms with E-state index in [0.717, 1.165) is 9.80 Å². The van der Waals surface area contributed by atoms with Gasteiger partial charge in [0.15, 0.2) is 0 Å². The zero-order valence-electron chi connectivity index (χ0n) is 12.7. The summed E-state index contributed by atoms with van der Waals surface area (Å²) in [7, 11) is 0. The first kappa shape index (κ1) is 16.0. The lowest BCUT2D eigenvalue weighted by molar-refractivity contribution is -0.128. The summed E-state index contributed by atoms with van der Waals surface area (Å²) in [5.41, 5.74) is 1.40. The van der Waals surface area contributed by atoms with Crippen molar-refractivity contribution in [2.75, 3.05) is 13.1 Å². The van der Waals surface area contributed by atoms with Gasteiger partial charge in [0.1, 0.15) is 0 Å². The van der Waals surface area contributed by atoms with Gasteiger partial charge in [0, 0.05) is 13.1 Å². The Morgan fingerprint density at radius 3 is 1.38 bits per heavy atom. The minimum Gasteiger partial charge on any atom is -0.465 e. The van der Waals surface area contributed by atoms with E-state index in [-0.39, 0.29) is 13.1 Å². The van der Waals surface area contributed by atoms with Crippen molar-refractivity contribution in [2.45, 2.75) is 24.7 Å². The van der Waals surface area contributed by atoms with E-state index in [1.54, 1.807) is 24.3 Å². The maximum absolute atomic E-state index is 12.1. The van der Waals surface area contributed by atoms with Crippen molar-refractivity contribution >= 4 is 24.0 Å². The molecule has 4 amide bonds. The summed E-state index contributed by atoms with van der Waals surface area (Å²) in [6.07, 6.45) is -1.63. The van der Waals surface area contributed by atoms with Crippen LogP contribution in [0.3, 0.4) is 0 Å². The SMILES string of the molecule is O=C(O)N1CCC(c2ccc(C3CCN(C(=O)O)C3=O)cc2)C1=O. The molecule has 126 valence electrons. The van der Waals surface area contributed by atoms with Gasteiger partial charge in [-0.3, -0.25) is 9.59 Å². The fourth-order valence-electron chi connectivity index (χ4n) is 3.32. The smallest absolute Gasteiger partial charge is 0.414 e. The Bertz CT molecular complexity index is 653. The Hall–Kier alpha value is -2.90. The van der Waals surface area contributed by atoms with E-state index in [1.807, 2.05) is 0 Å². The Morgan fingerprint density at radius 2 is 1.12 bits per heavy atom. The Balaban J connectivity index is 1.75. The predicted molar refractivity (Wildman–Crippen MR) is 80.6 cm³/mol. The van der Waals surface area contributed by atoms with Gasteiger partial charge in [0.25, 0.3) is 0 Å². The molecule has 0 saturated carbocycles. The second-order valence-corrected chi connectivity index (χ2v) is 5.89. The minimum absolute atomic E-state index is 0.176. The highest BCUT2D eigenvalue weighted by atomic mass is 16.4. The number of hydrogen-bond donors (Lipinski definition) is 2. The van der Waals surface area contributed by atoms with Crippen LogP contribution in [-0.2, 0) is 9.59 Å². The number of carbonyl (C=O) groups is 4. The highest BCUT2D eigenvalue weighted by molar-refractivity contribution is 5.98. The summed E-state index contributed by atoms with van der Waals surface area (Å²) in [4.78, 5) is 47.7. The molecule has 2 unspecified atom stereocenters. The van der Waals surface area contributed by atoms with Crippen LogP contribution < -0.4 is 0 Å². The zero-order chi connectivity index (χ0) is 17.4. The number of carbonyl (C=O) groups excluding carboxylic acids is 2. The van der Waals surface area contributed by atoms with Gasteiger partial charge in [-0.15, -0.1) is 0 Å². The standard InChI is InChI=1S/C16H16N2O6/c19-13-11(5-7-17(13)15(21)22)9-1-2-10(4-3-9)12-6-8-18(14(12)20)16(23)24/h1-4,11-12H,5-8H2,(H,21,22)(H,23,24). The summed E-state index contributed by atoms with van der Waals surface area (Å²) < 4.78 is 0. The molecule has 8 heteroatoms. The van der Waals surface area contributed by atoms with Gasteiger partial charge in [0.2, 0.25) is 11.8 Å². The minimum atomic E-state index is -1.25. The number of rotatable bonds is 2. The zero-order valence-corrected chi connectivity index (χ0v) is 12.7. The highest BCUT2D eigenvalue weighted by Gasteiger charge is 2.38. The number of benzene rings is 1. The van der Waals surface area contributed by atoms with Crippen LogP contribution in [0.25, 0.3) is 0 Å². The van der Waals surface area contributed by atoms with Gasteiger partial charge in [-0.2, -0.15) is 0 Å². The molecular weight excluding hydrogens is 316 g/mol. The monoisotopic (exact) mass is 332 g/mol. The highest BCUT2D eigenvalue weighted by Crippen LogP contribution is 2.32. The summed E-state index contributed by atoms with van der Waals surface area (Å²) in [6, 6.07) is 6.83. The van der Waals surface area contributed by atoms with Crippen LogP contribution in [0.1, 0.15) is 35.8 Å². The fourth-order valence-corrected chi connectivity index (χ4v) is 3.32. The molecule has 2 N–H and O–H groups in total. The molecule has 2 heterocycles. The Labute approximate surface area is 137 Å². The lowest BCUT2D eigenvalue weighted by atomic mass is 9.92. The molecule has 0 spiro atoms. The molecule has 0 bridgehead atoms. The van der Waals surface area contributed by atoms with Gasteiger partial charge >= 0.3 is 12.2 Å². The molecule has 24 heavy (non-hydrogen) atoms.